The van der Waals surface area contributed by atoms with Crippen LogP contribution in [0.1, 0.15) is 24.5 Å². The Balaban J connectivity index is 2.57. The third-order valence-corrected chi connectivity index (χ3v) is 4.17. The molecule has 4 nitrogen and oxygen atoms in total. The summed E-state index contributed by atoms with van der Waals surface area (Å²) in [5.74, 6) is 0.836. The van der Waals surface area contributed by atoms with Crippen molar-refractivity contribution in [1.29, 1.82) is 0 Å². The molecule has 0 aromatic heterocycles. The average Bonchev–Trinajstić information content (AvgIpc) is 2.53. The minimum atomic E-state index is -3.68. The molecule has 1 aliphatic heterocycles. The van der Waals surface area contributed by atoms with Crippen molar-refractivity contribution in [1.82, 2.24) is 0 Å². The molecular weight excluding hydrogens is 311 g/mol. The van der Waals surface area contributed by atoms with E-state index in [1.54, 1.807) is 6.07 Å². The largest absolute Gasteiger partial charge is 0.489 e. The Kier molecular flexibility index (Phi) is 4.48. The van der Waals surface area contributed by atoms with Gasteiger partial charge in [-0.2, -0.15) is 0 Å². The molecular formula is C12H14Cl2O4S. The lowest BCUT2D eigenvalue weighted by atomic mass is 10.0. The van der Waals surface area contributed by atoms with Crippen LogP contribution >= 0.6 is 22.3 Å². The van der Waals surface area contributed by atoms with Gasteiger partial charge in [0.25, 0.3) is 0 Å². The van der Waals surface area contributed by atoms with E-state index in [0.717, 1.165) is 12.0 Å². The molecule has 1 aromatic rings. The molecule has 7 heteroatoms. The molecule has 0 radical (unpaired) electrons. The Morgan fingerprint density at radius 1 is 1.26 bits per heavy atom. The van der Waals surface area contributed by atoms with Crippen LogP contribution in [0.3, 0.4) is 0 Å². The van der Waals surface area contributed by atoms with Crippen LogP contribution in [-0.4, -0.2) is 21.6 Å². The summed E-state index contributed by atoms with van der Waals surface area (Å²) in [6.45, 7) is 3.00. The predicted octanol–water partition coefficient (Wildman–Crippen LogP) is 3.13. The van der Waals surface area contributed by atoms with Crippen molar-refractivity contribution in [3.8, 4) is 11.5 Å². The van der Waals surface area contributed by atoms with Gasteiger partial charge >= 0.3 is 0 Å². The summed E-state index contributed by atoms with van der Waals surface area (Å²) in [6, 6.07) is 1.60. The lowest BCUT2D eigenvalue weighted by molar-refractivity contribution is 0.296. The second kappa shape index (κ2) is 5.77. The van der Waals surface area contributed by atoms with E-state index in [9.17, 15) is 8.42 Å². The second-order valence-electron chi connectivity index (χ2n) is 4.23. The van der Waals surface area contributed by atoms with Crippen LogP contribution in [0.25, 0.3) is 0 Å². The van der Waals surface area contributed by atoms with Gasteiger partial charge in [-0.05, 0) is 12.0 Å². The number of halogens is 2. The van der Waals surface area contributed by atoms with E-state index in [1.165, 1.54) is 0 Å². The lowest BCUT2D eigenvalue weighted by Crippen LogP contribution is -2.05. The van der Waals surface area contributed by atoms with Crippen molar-refractivity contribution in [3.63, 3.8) is 0 Å². The maximum absolute atomic E-state index is 11.3. The molecule has 1 aliphatic rings. The molecule has 0 saturated heterocycles. The first-order valence-corrected chi connectivity index (χ1v) is 8.80. The standard InChI is InChI=1S/C12H14Cl2O4S/c1-2-8-9(7-19(14,15)16)10(13)6-11-12(8)18-5-3-4-17-11/h6H,2-5,7H2,1H3. The summed E-state index contributed by atoms with van der Waals surface area (Å²) >= 11 is 6.15. The third kappa shape index (κ3) is 3.46. The first-order chi connectivity index (χ1) is 8.92. The van der Waals surface area contributed by atoms with Gasteiger partial charge in [-0.1, -0.05) is 18.5 Å². The molecule has 0 atom stereocenters. The quantitative estimate of drug-likeness (QED) is 0.801. The Hall–Kier alpha value is -0.650. The summed E-state index contributed by atoms with van der Waals surface area (Å²) in [6.07, 6.45) is 1.37. The number of hydrogen-bond acceptors (Lipinski definition) is 4. The molecule has 1 heterocycles. The highest BCUT2D eigenvalue weighted by molar-refractivity contribution is 8.13. The molecule has 0 N–H and O–H groups in total. The van der Waals surface area contributed by atoms with Crippen molar-refractivity contribution < 1.29 is 17.9 Å². The second-order valence-corrected chi connectivity index (χ2v) is 7.41. The number of rotatable bonds is 3. The van der Waals surface area contributed by atoms with Crippen LogP contribution in [0.4, 0.5) is 0 Å². The fraction of sp³-hybridized carbons (Fsp3) is 0.500. The number of fused-ring (bicyclic) bond motifs is 1. The minimum Gasteiger partial charge on any atom is -0.489 e. The van der Waals surface area contributed by atoms with Gasteiger partial charge in [0.1, 0.15) is 0 Å². The van der Waals surface area contributed by atoms with Gasteiger partial charge in [0, 0.05) is 33.8 Å². The summed E-state index contributed by atoms with van der Waals surface area (Å²) in [5.41, 5.74) is 1.23. The van der Waals surface area contributed by atoms with Crippen molar-refractivity contribution >= 4 is 31.3 Å². The topological polar surface area (TPSA) is 52.6 Å². The maximum atomic E-state index is 11.3. The first kappa shape index (κ1) is 14.8. The van der Waals surface area contributed by atoms with Crippen LogP contribution < -0.4 is 9.47 Å². The first-order valence-electron chi connectivity index (χ1n) is 5.94. The molecule has 19 heavy (non-hydrogen) atoms. The highest BCUT2D eigenvalue weighted by Gasteiger charge is 2.23. The van der Waals surface area contributed by atoms with Crippen molar-refractivity contribution in [2.45, 2.75) is 25.5 Å². The van der Waals surface area contributed by atoms with Gasteiger partial charge < -0.3 is 9.47 Å². The lowest BCUT2D eigenvalue weighted by Gasteiger charge is -2.16. The molecule has 0 spiro atoms. The normalized spacial score (nSPS) is 15.1. The Bertz CT molecular complexity index is 584. The summed E-state index contributed by atoms with van der Waals surface area (Å²) in [5, 5.41) is 0.338. The van der Waals surface area contributed by atoms with E-state index in [1.807, 2.05) is 6.92 Å². The average molecular weight is 325 g/mol. The summed E-state index contributed by atoms with van der Waals surface area (Å²) in [4.78, 5) is 0. The summed E-state index contributed by atoms with van der Waals surface area (Å²) in [7, 11) is 1.65. The van der Waals surface area contributed by atoms with Crippen LogP contribution in [0.15, 0.2) is 6.07 Å². The smallest absolute Gasteiger partial charge is 0.236 e. The maximum Gasteiger partial charge on any atom is 0.236 e. The van der Waals surface area contributed by atoms with Gasteiger partial charge in [-0.15, -0.1) is 0 Å². The Morgan fingerprint density at radius 3 is 2.58 bits per heavy atom. The van der Waals surface area contributed by atoms with Gasteiger partial charge in [0.05, 0.1) is 19.0 Å². The van der Waals surface area contributed by atoms with Gasteiger partial charge in [-0.3, -0.25) is 0 Å². The van der Waals surface area contributed by atoms with Gasteiger partial charge in [0.2, 0.25) is 9.05 Å². The van der Waals surface area contributed by atoms with Crippen molar-refractivity contribution in [3.05, 3.63) is 22.2 Å². The van der Waals surface area contributed by atoms with E-state index in [0.29, 0.717) is 41.7 Å². The molecule has 2 rings (SSSR count). The predicted molar refractivity (Wildman–Crippen MR) is 74.9 cm³/mol. The van der Waals surface area contributed by atoms with E-state index < -0.39 is 9.05 Å². The minimum absolute atomic E-state index is 0.312. The van der Waals surface area contributed by atoms with E-state index in [-0.39, 0.29) is 5.75 Å². The zero-order valence-corrected chi connectivity index (χ0v) is 12.7. The molecule has 0 bridgehead atoms. The summed E-state index contributed by atoms with van der Waals surface area (Å²) < 4.78 is 33.8. The van der Waals surface area contributed by atoms with E-state index in [2.05, 4.69) is 0 Å². The van der Waals surface area contributed by atoms with Crippen LogP contribution in [0.2, 0.25) is 5.02 Å². The van der Waals surface area contributed by atoms with Crippen LogP contribution in [-0.2, 0) is 21.2 Å². The molecule has 0 amide bonds. The molecule has 106 valence electrons. The van der Waals surface area contributed by atoms with E-state index in [4.69, 9.17) is 31.8 Å². The Labute approximate surface area is 122 Å². The van der Waals surface area contributed by atoms with Crippen LogP contribution in [0, 0.1) is 0 Å². The van der Waals surface area contributed by atoms with E-state index >= 15 is 0 Å². The highest BCUT2D eigenvalue weighted by atomic mass is 35.7. The van der Waals surface area contributed by atoms with Crippen molar-refractivity contribution in [2.75, 3.05) is 13.2 Å². The van der Waals surface area contributed by atoms with Crippen LogP contribution in [0.5, 0.6) is 11.5 Å². The SMILES string of the molecule is CCc1c(CS(=O)(=O)Cl)c(Cl)cc2c1OCCCO2. The van der Waals surface area contributed by atoms with Gasteiger partial charge in [0.15, 0.2) is 11.5 Å². The molecule has 0 aliphatic carbocycles. The molecule has 0 saturated carbocycles. The zero-order chi connectivity index (χ0) is 14.0. The molecule has 0 unspecified atom stereocenters. The molecule has 0 fully saturated rings. The fourth-order valence-corrected chi connectivity index (χ4v) is 3.44. The Morgan fingerprint density at radius 2 is 1.95 bits per heavy atom. The molecule has 1 aromatic carbocycles. The zero-order valence-electron chi connectivity index (χ0n) is 10.4. The third-order valence-electron chi connectivity index (χ3n) is 2.87. The fourth-order valence-electron chi connectivity index (χ4n) is 2.08. The highest BCUT2D eigenvalue weighted by Crippen LogP contribution is 2.40. The monoisotopic (exact) mass is 324 g/mol. The number of ether oxygens (including phenoxy) is 2. The number of benzene rings is 1. The number of hydrogen-bond donors (Lipinski definition) is 0. The van der Waals surface area contributed by atoms with Gasteiger partial charge in [-0.25, -0.2) is 8.42 Å². The van der Waals surface area contributed by atoms with Crippen molar-refractivity contribution in [2.24, 2.45) is 0 Å².